The molecule has 9 nitrogen and oxygen atoms in total. The zero-order valence-electron chi connectivity index (χ0n) is 22.9. The maximum absolute atomic E-state index is 13.6. The lowest BCUT2D eigenvalue weighted by molar-refractivity contribution is -0.141. The van der Waals surface area contributed by atoms with Gasteiger partial charge in [-0.25, -0.2) is 24.9 Å². The predicted molar refractivity (Wildman–Crippen MR) is 141 cm³/mol. The Kier molecular flexibility index (Phi) is 6.51. The summed E-state index contributed by atoms with van der Waals surface area (Å²) in [5, 5.41) is 13.7. The van der Waals surface area contributed by atoms with Gasteiger partial charge < -0.3 is 19.7 Å². The van der Waals surface area contributed by atoms with E-state index in [9.17, 15) is 18.3 Å². The number of halogens is 3. The molecule has 0 spiro atoms. The van der Waals surface area contributed by atoms with Crippen molar-refractivity contribution < 1.29 is 23.0 Å². The lowest BCUT2D eigenvalue weighted by Gasteiger charge is -2.53. The molecule has 3 heterocycles. The fourth-order valence-corrected chi connectivity index (χ4v) is 6.44. The topological polar surface area (TPSA) is 111 Å². The molecule has 4 aliphatic rings. The first-order valence-electron chi connectivity index (χ1n) is 13.9. The van der Waals surface area contributed by atoms with Gasteiger partial charge in [0.05, 0.1) is 19.4 Å². The number of nitrogens with zero attached hydrogens (tertiary/aromatic N) is 6. The molecule has 0 atom stereocenters. The van der Waals surface area contributed by atoms with Crippen molar-refractivity contribution in [3.05, 3.63) is 41.5 Å². The van der Waals surface area contributed by atoms with E-state index in [2.05, 4.69) is 25.3 Å². The molecule has 0 radical (unpaired) electrons. The number of nitrogens with one attached hydrogen (secondary N) is 1. The lowest BCUT2D eigenvalue weighted by Crippen LogP contribution is -2.53. The molecule has 2 N–H and O–H groups in total. The summed E-state index contributed by atoms with van der Waals surface area (Å²) in [6.45, 7) is 3.56. The fourth-order valence-electron chi connectivity index (χ4n) is 6.44. The van der Waals surface area contributed by atoms with Gasteiger partial charge in [0, 0.05) is 40.9 Å². The Hall–Kier alpha value is -3.28. The molecule has 0 unspecified atom stereocenters. The molecule has 4 aliphatic carbocycles. The van der Waals surface area contributed by atoms with Crippen molar-refractivity contribution in [1.82, 2.24) is 29.5 Å². The summed E-state index contributed by atoms with van der Waals surface area (Å²) in [4.78, 5) is 22.3. The van der Waals surface area contributed by atoms with E-state index in [0.717, 1.165) is 63.3 Å². The van der Waals surface area contributed by atoms with Crippen LogP contribution in [0.25, 0.3) is 11.4 Å². The van der Waals surface area contributed by atoms with E-state index in [1.807, 2.05) is 13.8 Å². The second kappa shape index (κ2) is 9.67. The van der Waals surface area contributed by atoms with E-state index in [0.29, 0.717) is 40.4 Å². The summed E-state index contributed by atoms with van der Waals surface area (Å²) in [5.74, 6) is 2.28. The third-order valence-electron chi connectivity index (χ3n) is 8.94. The Bertz CT molecular complexity index is 1390. The lowest BCUT2D eigenvalue weighted by atomic mass is 9.56. The molecule has 40 heavy (non-hydrogen) atoms. The molecule has 3 aromatic heterocycles. The number of rotatable bonds is 8. The van der Waals surface area contributed by atoms with Crippen LogP contribution in [0.1, 0.15) is 99.9 Å². The number of hydrogen-bond donors (Lipinski definition) is 2. The fraction of sp³-hybridized carbons (Fsp3) is 0.607. The van der Waals surface area contributed by atoms with Gasteiger partial charge in [0.1, 0.15) is 23.5 Å². The molecule has 3 aromatic rings. The standard InChI is InChI=1S/C28H34F3N7O2/c1-16(2)38-13-19(28(29,30)31)35-25(38)26-6-9-27(10-7-26,11-8-26)37-22-18(14-39)12-32-23(36-22)20-21(17-4-5-17)33-15-34-24(20)40-3/h12-13,15-17,39H,4-11,14H2,1-3H3,(H,32,36,37). The molecular weight excluding hydrogens is 523 g/mol. The molecule has 4 saturated carbocycles. The first kappa shape index (κ1) is 26.9. The Morgan fingerprint density at radius 1 is 1.07 bits per heavy atom. The van der Waals surface area contributed by atoms with Gasteiger partial charge in [-0.2, -0.15) is 13.2 Å². The number of methoxy groups -OCH3 is 1. The Balaban J connectivity index is 1.29. The van der Waals surface area contributed by atoms with Crippen molar-refractivity contribution in [2.75, 3.05) is 12.4 Å². The van der Waals surface area contributed by atoms with E-state index < -0.39 is 11.9 Å². The number of imidazole rings is 1. The first-order valence-corrected chi connectivity index (χ1v) is 13.9. The van der Waals surface area contributed by atoms with Gasteiger partial charge in [0.25, 0.3) is 0 Å². The summed E-state index contributed by atoms with van der Waals surface area (Å²) in [5.41, 5.74) is 0.627. The van der Waals surface area contributed by atoms with E-state index in [4.69, 9.17) is 9.72 Å². The average molecular weight is 558 g/mol. The molecule has 214 valence electrons. The largest absolute Gasteiger partial charge is 0.480 e. The molecular formula is C28H34F3N7O2. The summed E-state index contributed by atoms with van der Waals surface area (Å²) in [6, 6.07) is -0.120. The number of aromatic nitrogens is 6. The minimum Gasteiger partial charge on any atom is -0.480 e. The van der Waals surface area contributed by atoms with Gasteiger partial charge in [-0.3, -0.25) is 0 Å². The van der Waals surface area contributed by atoms with Crippen LogP contribution in [0.4, 0.5) is 19.0 Å². The van der Waals surface area contributed by atoms with Gasteiger partial charge in [-0.15, -0.1) is 0 Å². The minimum absolute atomic E-state index is 0.120. The highest BCUT2D eigenvalue weighted by Crippen LogP contribution is 2.55. The Morgan fingerprint density at radius 2 is 1.77 bits per heavy atom. The molecule has 2 bridgehead atoms. The smallest absolute Gasteiger partial charge is 0.434 e. The molecule has 0 aliphatic heterocycles. The maximum Gasteiger partial charge on any atom is 0.434 e. The predicted octanol–water partition coefficient (Wildman–Crippen LogP) is 5.56. The van der Waals surface area contributed by atoms with Gasteiger partial charge in [0.15, 0.2) is 11.5 Å². The molecule has 0 amide bonds. The van der Waals surface area contributed by atoms with Crippen LogP contribution < -0.4 is 10.1 Å². The van der Waals surface area contributed by atoms with Gasteiger partial charge in [-0.05, 0) is 65.2 Å². The zero-order valence-corrected chi connectivity index (χ0v) is 22.9. The summed E-state index contributed by atoms with van der Waals surface area (Å²) >= 11 is 0. The summed E-state index contributed by atoms with van der Waals surface area (Å²) < 4.78 is 47.9. The summed E-state index contributed by atoms with van der Waals surface area (Å²) in [7, 11) is 1.56. The average Bonchev–Trinajstić information content (AvgIpc) is 3.68. The Morgan fingerprint density at radius 3 is 2.35 bits per heavy atom. The highest BCUT2D eigenvalue weighted by atomic mass is 19.4. The van der Waals surface area contributed by atoms with Crippen molar-refractivity contribution in [3.63, 3.8) is 0 Å². The van der Waals surface area contributed by atoms with Crippen LogP contribution in [0.3, 0.4) is 0 Å². The molecule has 4 fully saturated rings. The molecule has 7 rings (SSSR count). The van der Waals surface area contributed by atoms with Crippen molar-refractivity contribution in [1.29, 1.82) is 0 Å². The molecule has 0 aromatic carbocycles. The highest BCUT2D eigenvalue weighted by Gasteiger charge is 2.52. The maximum atomic E-state index is 13.6. The van der Waals surface area contributed by atoms with Crippen LogP contribution in [0, 0.1) is 0 Å². The number of aliphatic hydroxyl groups is 1. The van der Waals surface area contributed by atoms with Gasteiger partial charge in [0.2, 0.25) is 5.88 Å². The third-order valence-corrected chi connectivity index (χ3v) is 8.94. The number of ether oxygens (including phenoxy) is 1. The normalized spacial score (nSPS) is 24.5. The van der Waals surface area contributed by atoms with E-state index in [1.54, 1.807) is 17.9 Å². The number of alkyl halides is 3. The number of anilines is 1. The molecule has 0 saturated heterocycles. The first-order chi connectivity index (χ1) is 19.1. The van der Waals surface area contributed by atoms with Gasteiger partial charge in [-0.1, -0.05) is 0 Å². The third kappa shape index (κ3) is 4.59. The SMILES string of the molecule is COc1ncnc(C2CC2)c1-c1ncc(CO)c(NC23CCC(c4nc(C(F)(F)F)cn4C(C)C)(CC2)CC3)n1. The minimum atomic E-state index is -4.47. The zero-order chi connectivity index (χ0) is 28.3. The number of hydrogen-bond acceptors (Lipinski definition) is 8. The van der Waals surface area contributed by atoms with Crippen molar-refractivity contribution >= 4 is 5.82 Å². The van der Waals surface area contributed by atoms with E-state index in [1.165, 1.54) is 6.33 Å². The van der Waals surface area contributed by atoms with E-state index in [-0.39, 0.29) is 23.6 Å². The van der Waals surface area contributed by atoms with Crippen molar-refractivity contribution in [2.45, 2.75) is 101 Å². The van der Waals surface area contributed by atoms with Crippen molar-refractivity contribution in [3.8, 4) is 17.3 Å². The van der Waals surface area contributed by atoms with Crippen LogP contribution in [-0.2, 0) is 18.2 Å². The van der Waals surface area contributed by atoms with Crippen LogP contribution in [-0.4, -0.2) is 47.2 Å². The highest BCUT2D eigenvalue weighted by molar-refractivity contribution is 5.67. The second-order valence-electron chi connectivity index (χ2n) is 11.8. The molecule has 12 heteroatoms. The van der Waals surface area contributed by atoms with Gasteiger partial charge >= 0.3 is 6.18 Å². The van der Waals surface area contributed by atoms with Crippen LogP contribution in [0.5, 0.6) is 5.88 Å². The van der Waals surface area contributed by atoms with Crippen LogP contribution in [0.15, 0.2) is 18.7 Å². The van der Waals surface area contributed by atoms with Crippen LogP contribution in [0.2, 0.25) is 0 Å². The Labute approximate surface area is 230 Å². The second-order valence-corrected chi connectivity index (χ2v) is 11.8. The quantitative estimate of drug-likeness (QED) is 0.370. The van der Waals surface area contributed by atoms with Crippen molar-refractivity contribution in [2.24, 2.45) is 0 Å². The number of fused-ring (bicyclic) bond motifs is 3. The summed E-state index contributed by atoms with van der Waals surface area (Å²) in [6.07, 6.45) is 6.33. The van der Waals surface area contributed by atoms with Crippen LogP contribution >= 0.6 is 0 Å². The monoisotopic (exact) mass is 557 g/mol. The number of aliphatic hydroxyl groups excluding tert-OH is 1. The van der Waals surface area contributed by atoms with E-state index >= 15 is 0 Å².